The Bertz CT molecular complexity index is 1080. The average Bonchev–Trinajstić information content (AvgIpc) is 3.23. The Morgan fingerprint density at radius 2 is 1.62 bits per heavy atom. The zero-order valence-electron chi connectivity index (χ0n) is 16.6. The maximum absolute atomic E-state index is 5.50. The minimum Gasteiger partial charge on any atom is -0.496 e. The van der Waals surface area contributed by atoms with Crippen molar-refractivity contribution < 1.29 is 9.26 Å². The third-order valence-electron chi connectivity index (χ3n) is 4.70. The van der Waals surface area contributed by atoms with E-state index in [4.69, 9.17) is 9.26 Å². The summed E-state index contributed by atoms with van der Waals surface area (Å²) in [6.45, 7) is 1.35. The van der Waals surface area contributed by atoms with Crippen LogP contribution in [0.1, 0.15) is 11.5 Å². The highest BCUT2D eigenvalue weighted by molar-refractivity contribution is 5.70. The van der Waals surface area contributed by atoms with Crippen LogP contribution in [0.2, 0.25) is 0 Å². The molecule has 1 aromatic heterocycles. The van der Waals surface area contributed by atoms with E-state index in [1.54, 1.807) is 7.11 Å². The summed E-state index contributed by atoms with van der Waals surface area (Å²) in [5, 5.41) is 4.09. The maximum Gasteiger partial charge on any atom is 0.241 e. The summed E-state index contributed by atoms with van der Waals surface area (Å²) in [6.07, 6.45) is 0. The van der Waals surface area contributed by atoms with Gasteiger partial charge in [0.2, 0.25) is 11.7 Å². The van der Waals surface area contributed by atoms with Gasteiger partial charge in [-0.15, -0.1) is 0 Å². The molecule has 0 spiro atoms. The zero-order chi connectivity index (χ0) is 20.1. The highest BCUT2D eigenvalue weighted by atomic mass is 16.5. The number of rotatable bonds is 7. The fraction of sp³-hybridized carbons (Fsp3) is 0.167. The number of hydrogen-bond acceptors (Lipinski definition) is 5. The molecule has 0 bridgehead atoms. The lowest BCUT2D eigenvalue weighted by Crippen LogP contribution is -2.17. The second-order valence-corrected chi connectivity index (χ2v) is 6.95. The lowest BCUT2D eigenvalue weighted by molar-refractivity contribution is 0.261. The molecule has 0 aliphatic carbocycles. The van der Waals surface area contributed by atoms with Crippen molar-refractivity contribution in [3.05, 3.63) is 90.3 Å². The summed E-state index contributed by atoms with van der Waals surface area (Å²) in [5.41, 5.74) is 4.38. The van der Waals surface area contributed by atoms with Crippen molar-refractivity contribution in [2.75, 3.05) is 14.2 Å². The smallest absolute Gasteiger partial charge is 0.241 e. The Morgan fingerprint density at radius 3 is 2.45 bits per heavy atom. The molecule has 146 valence electrons. The molecule has 0 fully saturated rings. The van der Waals surface area contributed by atoms with E-state index in [2.05, 4.69) is 45.4 Å². The van der Waals surface area contributed by atoms with Gasteiger partial charge in [0.15, 0.2) is 0 Å². The van der Waals surface area contributed by atoms with Crippen LogP contribution < -0.4 is 4.74 Å². The maximum atomic E-state index is 5.50. The highest BCUT2D eigenvalue weighted by Gasteiger charge is 2.12. The first kappa shape index (κ1) is 18.9. The topological polar surface area (TPSA) is 51.4 Å². The molecule has 0 unspecified atom stereocenters. The predicted octanol–water partition coefficient (Wildman–Crippen LogP) is 5.04. The molecular formula is C24H23N3O2. The lowest BCUT2D eigenvalue weighted by Gasteiger charge is -2.15. The fourth-order valence-electron chi connectivity index (χ4n) is 3.34. The number of methoxy groups -OCH3 is 1. The molecular weight excluding hydrogens is 362 g/mol. The van der Waals surface area contributed by atoms with Crippen molar-refractivity contribution >= 4 is 0 Å². The van der Waals surface area contributed by atoms with Crippen molar-refractivity contribution in [3.63, 3.8) is 0 Å². The minimum absolute atomic E-state index is 0.582. The molecule has 4 aromatic rings. The van der Waals surface area contributed by atoms with Crippen LogP contribution in [-0.4, -0.2) is 29.2 Å². The Labute approximate surface area is 170 Å². The summed E-state index contributed by atoms with van der Waals surface area (Å²) in [6, 6.07) is 26.4. The molecule has 0 N–H and O–H groups in total. The van der Waals surface area contributed by atoms with Gasteiger partial charge in [-0.3, -0.25) is 4.90 Å². The van der Waals surface area contributed by atoms with Gasteiger partial charge in [0.1, 0.15) is 5.75 Å². The van der Waals surface area contributed by atoms with Gasteiger partial charge in [0, 0.05) is 17.7 Å². The minimum atomic E-state index is 0.582. The van der Waals surface area contributed by atoms with Crippen LogP contribution >= 0.6 is 0 Å². The molecule has 0 amide bonds. The van der Waals surface area contributed by atoms with E-state index in [0.29, 0.717) is 18.3 Å². The standard InChI is InChI=1S/C24H23N3O2/c1-27(17-23-25-24(26-29-23)19-10-4-3-5-11-19)16-18-9-8-12-20(15-18)21-13-6-7-14-22(21)28-2/h3-15H,16-17H2,1-2H3. The van der Waals surface area contributed by atoms with Gasteiger partial charge in [-0.2, -0.15) is 4.98 Å². The van der Waals surface area contributed by atoms with Gasteiger partial charge >= 0.3 is 0 Å². The Hall–Kier alpha value is -3.44. The van der Waals surface area contributed by atoms with Crippen LogP contribution in [0.5, 0.6) is 5.75 Å². The van der Waals surface area contributed by atoms with E-state index < -0.39 is 0 Å². The molecule has 5 nitrogen and oxygen atoms in total. The van der Waals surface area contributed by atoms with Crippen molar-refractivity contribution in [2.24, 2.45) is 0 Å². The third kappa shape index (κ3) is 4.52. The lowest BCUT2D eigenvalue weighted by atomic mass is 10.0. The molecule has 0 aliphatic rings. The molecule has 5 heteroatoms. The van der Waals surface area contributed by atoms with E-state index in [1.807, 2.05) is 55.6 Å². The van der Waals surface area contributed by atoms with Crippen molar-refractivity contribution in [2.45, 2.75) is 13.1 Å². The summed E-state index contributed by atoms with van der Waals surface area (Å²) < 4.78 is 10.9. The highest BCUT2D eigenvalue weighted by Crippen LogP contribution is 2.30. The number of hydrogen-bond donors (Lipinski definition) is 0. The Kier molecular flexibility index (Phi) is 5.68. The van der Waals surface area contributed by atoms with E-state index >= 15 is 0 Å². The Balaban J connectivity index is 1.45. The zero-order valence-corrected chi connectivity index (χ0v) is 16.6. The average molecular weight is 385 g/mol. The third-order valence-corrected chi connectivity index (χ3v) is 4.70. The molecule has 1 heterocycles. The monoisotopic (exact) mass is 385 g/mol. The quantitative estimate of drug-likeness (QED) is 0.446. The molecule has 0 atom stereocenters. The molecule has 3 aromatic carbocycles. The first-order valence-corrected chi connectivity index (χ1v) is 9.52. The molecule has 0 radical (unpaired) electrons. The fourth-order valence-corrected chi connectivity index (χ4v) is 3.34. The second kappa shape index (κ2) is 8.71. The van der Waals surface area contributed by atoms with Crippen LogP contribution in [0.15, 0.2) is 83.4 Å². The summed E-state index contributed by atoms with van der Waals surface area (Å²) in [4.78, 5) is 6.67. The molecule has 0 saturated heterocycles. The van der Waals surface area contributed by atoms with Gasteiger partial charge in [0.25, 0.3) is 0 Å². The number of aromatic nitrogens is 2. The van der Waals surface area contributed by atoms with E-state index in [-0.39, 0.29) is 0 Å². The molecule has 4 rings (SSSR count). The van der Waals surface area contributed by atoms with E-state index in [0.717, 1.165) is 29.0 Å². The number of para-hydroxylation sites is 1. The van der Waals surface area contributed by atoms with Gasteiger partial charge in [-0.05, 0) is 30.3 Å². The predicted molar refractivity (Wildman–Crippen MR) is 113 cm³/mol. The number of ether oxygens (including phenoxy) is 1. The number of nitrogens with zero attached hydrogens (tertiary/aromatic N) is 3. The number of benzene rings is 3. The van der Waals surface area contributed by atoms with Crippen LogP contribution in [0.4, 0.5) is 0 Å². The van der Waals surface area contributed by atoms with E-state index in [1.165, 1.54) is 5.56 Å². The first-order valence-electron chi connectivity index (χ1n) is 9.52. The van der Waals surface area contributed by atoms with Gasteiger partial charge in [0.05, 0.1) is 13.7 Å². The van der Waals surface area contributed by atoms with E-state index in [9.17, 15) is 0 Å². The summed E-state index contributed by atoms with van der Waals surface area (Å²) in [7, 11) is 3.74. The second-order valence-electron chi connectivity index (χ2n) is 6.95. The van der Waals surface area contributed by atoms with Crippen LogP contribution in [0, 0.1) is 0 Å². The van der Waals surface area contributed by atoms with Gasteiger partial charge in [-0.25, -0.2) is 0 Å². The van der Waals surface area contributed by atoms with Crippen LogP contribution in [0.25, 0.3) is 22.5 Å². The Morgan fingerprint density at radius 1 is 0.862 bits per heavy atom. The first-order chi connectivity index (χ1) is 14.2. The molecule has 0 aliphatic heterocycles. The van der Waals surface area contributed by atoms with Gasteiger partial charge < -0.3 is 9.26 Å². The largest absolute Gasteiger partial charge is 0.496 e. The van der Waals surface area contributed by atoms with Crippen molar-refractivity contribution in [3.8, 4) is 28.3 Å². The summed E-state index contributed by atoms with van der Waals surface area (Å²) in [5.74, 6) is 2.09. The molecule has 0 saturated carbocycles. The van der Waals surface area contributed by atoms with Crippen molar-refractivity contribution in [1.29, 1.82) is 0 Å². The normalized spacial score (nSPS) is 11.0. The molecule has 29 heavy (non-hydrogen) atoms. The van der Waals surface area contributed by atoms with Crippen molar-refractivity contribution in [1.82, 2.24) is 15.0 Å². The summed E-state index contributed by atoms with van der Waals surface area (Å²) >= 11 is 0. The van der Waals surface area contributed by atoms with Gasteiger partial charge in [-0.1, -0.05) is 71.9 Å². The van der Waals surface area contributed by atoms with Crippen LogP contribution in [-0.2, 0) is 13.1 Å². The SMILES string of the molecule is COc1ccccc1-c1cccc(CN(C)Cc2nc(-c3ccccc3)no2)c1. The van der Waals surface area contributed by atoms with Crippen LogP contribution in [0.3, 0.4) is 0 Å².